The van der Waals surface area contributed by atoms with Crippen LogP contribution in [-0.4, -0.2) is 19.1 Å². The normalized spacial score (nSPS) is 13.9. The molecule has 1 fully saturated rings. The fraction of sp³-hybridized carbons (Fsp3) is 0.316. The standard InChI is InChI=1S/C19H23N3O/c1-15-4-6-16(7-5-15)14-20-19(23)21-17-8-10-18(11-9-17)22-12-2-3-13-22/h4-11H,2-3,12-14H2,1H3,(H2,20,21,23). The lowest BCUT2D eigenvalue weighted by Gasteiger charge is -2.17. The molecule has 1 aliphatic heterocycles. The Morgan fingerprint density at radius 1 is 1.00 bits per heavy atom. The molecule has 0 bridgehead atoms. The van der Waals surface area contributed by atoms with Crippen molar-refractivity contribution in [1.82, 2.24) is 5.32 Å². The quantitative estimate of drug-likeness (QED) is 0.899. The van der Waals surface area contributed by atoms with Gasteiger partial charge in [0.2, 0.25) is 0 Å². The Labute approximate surface area is 137 Å². The minimum Gasteiger partial charge on any atom is -0.372 e. The van der Waals surface area contributed by atoms with Crippen LogP contribution in [0.1, 0.15) is 24.0 Å². The zero-order valence-corrected chi connectivity index (χ0v) is 13.5. The minimum absolute atomic E-state index is 0.181. The predicted octanol–water partition coefficient (Wildman–Crippen LogP) is 3.92. The Kier molecular flexibility index (Phi) is 4.81. The average molecular weight is 309 g/mol. The third kappa shape index (κ3) is 4.25. The van der Waals surface area contributed by atoms with Crippen molar-refractivity contribution in [2.75, 3.05) is 23.3 Å². The van der Waals surface area contributed by atoms with Gasteiger partial charge in [0, 0.05) is 31.0 Å². The first kappa shape index (κ1) is 15.4. The molecule has 3 rings (SSSR count). The lowest BCUT2D eigenvalue weighted by Crippen LogP contribution is -2.28. The van der Waals surface area contributed by atoms with E-state index in [1.807, 2.05) is 36.4 Å². The number of nitrogens with zero attached hydrogens (tertiary/aromatic N) is 1. The third-order valence-corrected chi connectivity index (χ3v) is 4.17. The molecule has 4 nitrogen and oxygen atoms in total. The van der Waals surface area contributed by atoms with Crippen LogP contribution >= 0.6 is 0 Å². The first-order chi connectivity index (χ1) is 11.2. The maximum Gasteiger partial charge on any atom is 0.319 e. The number of amides is 2. The molecular weight excluding hydrogens is 286 g/mol. The molecule has 120 valence electrons. The number of carbonyl (C=O) groups is 1. The van der Waals surface area contributed by atoms with Gasteiger partial charge in [0.15, 0.2) is 0 Å². The van der Waals surface area contributed by atoms with Gasteiger partial charge in [-0.1, -0.05) is 29.8 Å². The van der Waals surface area contributed by atoms with Crippen LogP contribution < -0.4 is 15.5 Å². The van der Waals surface area contributed by atoms with Crippen molar-refractivity contribution in [3.05, 3.63) is 59.7 Å². The molecule has 1 saturated heterocycles. The first-order valence-corrected chi connectivity index (χ1v) is 8.16. The van der Waals surface area contributed by atoms with E-state index < -0.39 is 0 Å². The van der Waals surface area contributed by atoms with E-state index in [2.05, 4.69) is 34.6 Å². The fourth-order valence-electron chi connectivity index (χ4n) is 2.79. The van der Waals surface area contributed by atoms with E-state index in [-0.39, 0.29) is 6.03 Å². The van der Waals surface area contributed by atoms with Crippen molar-refractivity contribution < 1.29 is 4.79 Å². The summed E-state index contributed by atoms with van der Waals surface area (Å²) in [5, 5.41) is 5.75. The van der Waals surface area contributed by atoms with Gasteiger partial charge in [-0.2, -0.15) is 0 Å². The molecule has 2 amide bonds. The molecule has 0 aliphatic carbocycles. The Bertz CT molecular complexity index is 643. The summed E-state index contributed by atoms with van der Waals surface area (Å²) >= 11 is 0. The number of benzene rings is 2. The lowest BCUT2D eigenvalue weighted by atomic mass is 10.1. The summed E-state index contributed by atoms with van der Waals surface area (Å²) in [7, 11) is 0. The SMILES string of the molecule is Cc1ccc(CNC(=O)Nc2ccc(N3CCCC3)cc2)cc1. The smallest absolute Gasteiger partial charge is 0.319 e. The number of anilines is 2. The van der Waals surface area contributed by atoms with Crippen LogP contribution in [0, 0.1) is 6.92 Å². The van der Waals surface area contributed by atoms with E-state index in [4.69, 9.17) is 0 Å². The summed E-state index contributed by atoms with van der Waals surface area (Å²) in [6.07, 6.45) is 2.53. The Balaban J connectivity index is 1.50. The lowest BCUT2D eigenvalue weighted by molar-refractivity contribution is 0.251. The fourth-order valence-corrected chi connectivity index (χ4v) is 2.79. The van der Waals surface area contributed by atoms with E-state index in [9.17, 15) is 4.79 Å². The summed E-state index contributed by atoms with van der Waals surface area (Å²) in [5.74, 6) is 0. The van der Waals surface area contributed by atoms with Crippen LogP contribution in [-0.2, 0) is 6.54 Å². The highest BCUT2D eigenvalue weighted by Gasteiger charge is 2.12. The van der Waals surface area contributed by atoms with Gasteiger partial charge in [-0.15, -0.1) is 0 Å². The molecule has 1 aliphatic rings. The maximum atomic E-state index is 12.0. The number of carbonyl (C=O) groups excluding carboxylic acids is 1. The van der Waals surface area contributed by atoms with Crippen molar-refractivity contribution in [2.24, 2.45) is 0 Å². The highest BCUT2D eigenvalue weighted by molar-refractivity contribution is 5.89. The first-order valence-electron chi connectivity index (χ1n) is 8.16. The molecular formula is C19H23N3O. The number of hydrogen-bond acceptors (Lipinski definition) is 2. The van der Waals surface area contributed by atoms with E-state index in [0.29, 0.717) is 6.54 Å². The van der Waals surface area contributed by atoms with E-state index >= 15 is 0 Å². The number of aryl methyl sites for hydroxylation is 1. The van der Waals surface area contributed by atoms with Gasteiger partial charge in [0.05, 0.1) is 0 Å². The number of rotatable bonds is 4. The van der Waals surface area contributed by atoms with Crippen molar-refractivity contribution in [2.45, 2.75) is 26.3 Å². The summed E-state index contributed by atoms with van der Waals surface area (Å²) < 4.78 is 0. The highest BCUT2D eigenvalue weighted by atomic mass is 16.2. The number of nitrogens with one attached hydrogen (secondary N) is 2. The number of hydrogen-bond donors (Lipinski definition) is 2. The Hall–Kier alpha value is -2.49. The molecule has 1 heterocycles. The molecule has 23 heavy (non-hydrogen) atoms. The molecule has 0 radical (unpaired) electrons. The molecule has 0 unspecified atom stereocenters. The second-order valence-electron chi connectivity index (χ2n) is 6.03. The summed E-state index contributed by atoms with van der Waals surface area (Å²) in [6.45, 7) is 4.83. The molecule has 2 N–H and O–H groups in total. The van der Waals surface area contributed by atoms with Crippen LogP contribution in [0.25, 0.3) is 0 Å². The summed E-state index contributed by atoms with van der Waals surface area (Å²) in [6, 6.07) is 16.0. The second-order valence-corrected chi connectivity index (χ2v) is 6.03. The van der Waals surface area contributed by atoms with E-state index in [1.165, 1.54) is 24.1 Å². The van der Waals surface area contributed by atoms with Gasteiger partial charge >= 0.3 is 6.03 Å². The number of urea groups is 1. The Morgan fingerprint density at radius 2 is 1.65 bits per heavy atom. The molecule has 2 aromatic carbocycles. The second kappa shape index (κ2) is 7.18. The van der Waals surface area contributed by atoms with Crippen molar-refractivity contribution in [3.8, 4) is 0 Å². The van der Waals surface area contributed by atoms with Gasteiger partial charge in [-0.05, 0) is 49.6 Å². The van der Waals surface area contributed by atoms with Crippen LogP contribution in [0.15, 0.2) is 48.5 Å². The van der Waals surface area contributed by atoms with Gasteiger partial charge in [-0.3, -0.25) is 0 Å². The van der Waals surface area contributed by atoms with Gasteiger partial charge in [-0.25, -0.2) is 4.79 Å². The van der Waals surface area contributed by atoms with Crippen LogP contribution in [0.2, 0.25) is 0 Å². The van der Waals surface area contributed by atoms with Crippen molar-refractivity contribution in [3.63, 3.8) is 0 Å². The van der Waals surface area contributed by atoms with Gasteiger partial charge in [0.1, 0.15) is 0 Å². The van der Waals surface area contributed by atoms with Crippen molar-refractivity contribution >= 4 is 17.4 Å². The largest absolute Gasteiger partial charge is 0.372 e. The summed E-state index contributed by atoms with van der Waals surface area (Å²) in [4.78, 5) is 14.3. The molecule has 0 atom stereocenters. The van der Waals surface area contributed by atoms with Gasteiger partial charge < -0.3 is 15.5 Å². The van der Waals surface area contributed by atoms with Crippen LogP contribution in [0.3, 0.4) is 0 Å². The molecule has 2 aromatic rings. The highest BCUT2D eigenvalue weighted by Crippen LogP contribution is 2.21. The van der Waals surface area contributed by atoms with Crippen molar-refractivity contribution in [1.29, 1.82) is 0 Å². The van der Waals surface area contributed by atoms with Crippen LogP contribution in [0.4, 0.5) is 16.2 Å². The predicted molar refractivity (Wildman–Crippen MR) is 94.9 cm³/mol. The molecule has 0 saturated carbocycles. The minimum atomic E-state index is -0.181. The molecule has 0 spiro atoms. The van der Waals surface area contributed by atoms with E-state index in [1.54, 1.807) is 0 Å². The third-order valence-electron chi connectivity index (χ3n) is 4.17. The Morgan fingerprint density at radius 3 is 2.30 bits per heavy atom. The maximum absolute atomic E-state index is 12.0. The monoisotopic (exact) mass is 309 g/mol. The van der Waals surface area contributed by atoms with Crippen LogP contribution in [0.5, 0.6) is 0 Å². The zero-order chi connectivity index (χ0) is 16.1. The molecule has 4 heteroatoms. The zero-order valence-electron chi connectivity index (χ0n) is 13.5. The average Bonchev–Trinajstić information content (AvgIpc) is 3.09. The van der Waals surface area contributed by atoms with E-state index in [0.717, 1.165) is 24.3 Å². The topological polar surface area (TPSA) is 44.4 Å². The summed E-state index contributed by atoms with van der Waals surface area (Å²) in [5.41, 5.74) is 4.36. The molecule has 0 aromatic heterocycles. The van der Waals surface area contributed by atoms with Gasteiger partial charge in [0.25, 0.3) is 0 Å².